The minimum absolute atomic E-state index is 0.604. The monoisotopic (exact) mass is 179 g/mol. The lowest BCUT2D eigenvalue weighted by Crippen LogP contribution is -2.16. The molecule has 0 spiro atoms. The topological polar surface area (TPSA) is 63.6 Å². The first kappa shape index (κ1) is 9.18. The number of rotatable bonds is 2. The van der Waals surface area contributed by atoms with Crippen LogP contribution in [0.3, 0.4) is 0 Å². The van der Waals surface area contributed by atoms with E-state index >= 15 is 0 Å². The van der Waals surface area contributed by atoms with E-state index in [-0.39, 0.29) is 0 Å². The summed E-state index contributed by atoms with van der Waals surface area (Å²) in [6, 6.07) is 5.39. The predicted octanol–water partition coefficient (Wildman–Crippen LogP) is 0.772. The lowest BCUT2D eigenvalue weighted by atomic mass is 10.4. The van der Waals surface area contributed by atoms with Gasteiger partial charge in [-0.25, -0.2) is 10.2 Å². The van der Waals surface area contributed by atoms with Crippen LogP contribution in [0.4, 0.5) is 4.79 Å². The Morgan fingerprint density at radius 2 is 2.54 bits per heavy atom. The molecule has 1 heterocycles. The van der Waals surface area contributed by atoms with E-state index in [2.05, 4.69) is 20.2 Å². The maximum Gasteiger partial charge on any atom is 0.427 e. The van der Waals surface area contributed by atoms with Gasteiger partial charge in [-0.15, -0.1) is 0 Å². The highest BCUT2D eigenvalue weighted by Gasteiger charge is 1.92. The number of aromatic nitrogens is 1. The third-order valence-electron chi connectivity index (χ3n) is 1.23. The quantitative estimate of drug-likeness (QED) is 0.538. The summed E-state index contributed by atoms with van der Waals surface area (Å²) in [5.41, 5.74) is 2.81. The highest BCUT2D eigenvalue weighted by atomic mass is 16.5. The van der Waals surface area contributed by atoms with Gasteiger partial charge in [0.05, 0.1) is 19.0 Å². The van der Waals surface area contributed by atoms with Crippen LogP contribution in [0.1, 0.15) is 5.69 Å². The van der Waals surface area contributed by atoms with Crippen LogP contribution in [0.15, 0.2) is 29.5 Å². The van der Waals surface area contributed by atoms with Crippen LogP contribution >= 0.6 is 0 Å². The second-order valence-electron chi connectivity index (χ2n) is 2.12. The Labute approximate surface area is 75.4 Å². The molecule has 0 radical (unpaired) electrons. The van der Waals surface area contributed by atoms with Gasteiger partial charge in [0, 0.05) is 6.20 Å². The van der Waals surface area contributed by atoms with Gasteiger partial charge in [-0.3, -0.25) is 4.98 Å². The van der Waals surface area contributed by atoms with Crippen molar-refractivity contribution in [3.63, 3.8) is 0 Å². The van der Waals surface area contributed by atoms with Gasteiger partial charge in [0.15, 0.2) is 0 Å². The molecule has 0 saturated carbocycles. The molecule has 0 bridgehead atoms. The predicted molar refractivity (Wildman–Crippen MR) is 47.4 cm³/mol. The van der Waals surface area contributed by atoms with Crippen LogP contribution in [0, 0.1) is 0 Å². The molecule has 5 nitrogen and oxygen atoms in total. The summed E-state index contributed by atoms with van der Waals surface area (Å²) in [4.78, 5) is 14.5. The Kier molecular flexibility index (Phi) is 3.44. The number of ether oxygens (including phenoxy) is 1. The molecule has 0 atom stereocenters. The van der Waals surface area contributed by atoms with E-state index in [4.69, 9.17) is 0 Å². The normalized spacial score (nSPS) is 9.92. The largest absolute Gasteiger partial charge is 0.452 e. The second-order valence-corrected chi connectivity index (χ2v) is 2.12. The summed E-state index contributed by atoms with van der Waals surface area (Å²) >= 11 is 0. The van der Waals surface area contributed by atoms with Crippen LogP contribution in [-0.4, -0.2) is 24.4 Å². The van der Waals surface area contributed by atoms with Gasteiger partial charge in [0.25, 0.3) is 0 Å². The third kappa shape index (κ3) is 3.33. The summed E-state index contributed by atoms with van der Waals surface area (Å²) in [6.45, 7) is 0. The molecule has 0 fully saturated rings. The van der Waals surface area contributed by atoms with Gasteiger partial charge in [-0.1, -0.05) is 6.07 Å². The van der Waals surface area contributed by atoms with Crippen molar-refractivity contribution in [3.05, 3.63) is 30.1 Å². The molecule has 0 aliphatic carbocycles. The smallest absolute Gasteiger partial charge is 0.427 e. The third-order valence-corrected chi connectivity index (χ3v) is 1.23. The zero-order valence-corrected chi connectivity index (χ0v) is 7.10. The number of amides is 1. The first-order chi connectivity index (χ1) is 6.33. The van der Waals surface area contributed by atoms with E-state index in [1.54, 1.807) is 18.3 Å². The number of carbonyl (C=O) groups is 1. The van der Waals surface area contributed by atoms with E-state index in [0.717, 1.165) is 0 Å². The number of nitrogens with one attached hydrogen (secondary N) is 1. The molecular formula is C8H9N3O2. The van der Waals surface area contributed by atoms with Crippen molar-refractivity contribution in [2.75, 3.05) is 7.11 Å². The fourth-order valence-electron chi connectivity index (χ4n) is 0.649. The highest BCUT2D eigenvalue weighted by Crippen LogP contribution is 1.87. The molecule has 1 aromatic rings. The van der Waals surface area contributed by atoms with Crippen LogP contribution in [0.25, 0.3) is 0 Å². The van der Waals surface area contributed by atoms with Gasteiger partial charge < -0.3 is 4.74 Å². The number of methoxy groups -OCH3 is 1. The summed E-state index contributed by atoms with van der Waals surface area (Å²) in [5, 5.41) is 3.60. The molecular weight excluding hydrogens is 170 g/mol. The van der Waals surface area contributed by atoms with Crippen molar-refractivity contribution in [2.24, 2.45) is 5.10 Å². The Balaban J connectivity index is 2.45. The van der Waals surface area contributed by atoms with Crippen molar-refractivity contribution in [1.82, 2.24) is 10.4 Å². The molecule has 1 N–H and O–H groups in total. The number of pyridine rings is 1. The molecule has 0 aliphatic heterocycles. The Hall–Kier alpha value is -1.91. The molecule has 13 heavy (non-hydrogen) atoms. The summed E-state index contributed by atoms with van der Waals surface area (Å²) in [5.74, 6) is 0. The van der Waals surface area contributed by atoms with Crippen LogP contribution in [0.2, 0.25) is 0 Å². The van der Waals surface area contributed by atoms with E-state index in [9.17, 15) is 4.79 Å². The summed E-state index contributed by atoms with van der Waals surface area (Å²) in [6.07, 6.45) is 2.46. The number of nitrogens with zero attached hydrogens (tertiary/aromatic N) is 2. The maximum absolute atomic E-state index is 10.5. The van der Waals surface area contributed by atoms with Gasteiger partial charge in [-0.05, 0) is 12.1 Å². The van der Waals surface area contributed by atoms with Crippen molar-refractivity contribution in [1.29, 1.82) is 0 Å². The minimum Gasteiger partial charge on any atom is -0.452 e. The van der Waals surface area contributed by atoms with E-state index in [1.165, 1.54) is 13.3 Å². The van der Waals surface area contributed by atoms with Crippen LogP contribution in [-0.2, 0) is 4.74 Å². The fraction of sp³-hybridized carbons (Fsp3) is 0.125. The second kappa shape index (κ2) is 4.87. The van der Waals surface area contributed by atoms with Crippen molar-refractivity contribution < 1.29 is 9.53 Å². The number of hydrogen-bond acceptors (Lipinski definition) is 4. The zero-order chi connectivity index (χ0) is 9.52. The Morgan fingerprint density at radius 1 is 1.69 bits per heavy atom. The fourth-order valence-corrected chi connectivity index (χ4v) is 0.649. The highest BCUT2D eigenvalue weighted by molar-refractivity contribution is 5.78. The van der Waals surface area contributed by atoms with Crippen molar-refractivity contribution in [2.45, 2.75) is 0 Å². The molecule has 0 aliphatic rings. The van der Waals surface area contributed by atoms with E-state index < -0.39 is 6.09 Å². The first-order valence-electron chi connectivity index (χ1n) is 3.61. The molecule has 1 amide bonds. The van der Waals surface area contributed by atoms with Crippen molar-refractivity contribution >= 4 is 12.3 Å². The zero-order valence-electron chi connectivity index (χ0n) is 7.10. The van der Waals surface area contributed by atoms with Gasteiger partial charge in [0.1, 0.15) is 0 Å². The van der Waals surface area contributed by atoms with Gasteiger partial charge in [0.2, 0.25) is 0 Å². The molecule has 1 aromatic heterocycles. The lowest BCUT2D eigenvalue weighted by molar-refractivity contribution is 0.171. The maximum atomic E-state index is 10.5. The van der Waals surface area contributed by atoms with Gasteiger partial charge >= 0.3 is 6.09 Å². The summed E-state index contributed by atoms with van der Waals surface area (Å²) < 4.78 is 4.30. The molecule has 68 valence electrons. The standard InChI is InChI=1S/C8H9N3O2/c1-13-8(12)11-10-6-7-4-2-3-5-9-7/h2-6H,1H3,(H,11,12)/b10-6+. The molecule has 0 aromatic carbocycles. The van der Waals surface area contributed by atoms with Crippen molar-refractivity contribution in [3.8, 4) is 0 Å². The van der Waals surface area contributed by atoms with Gasteiger partial charge in [-0.2, -0.15) is 5.10 Å². The Bertz CT molecular complexity index is 298. The van der Waals surface area contributed by atoms with E-state index in [0.29, 0.717) is 5.69 Å². The lowest BCUT2D eigenvalue weighted by Gasteiger charge is -1.94. The number of carbonyl (C=O) groups excluding carboxylic acids is 1. The molecule has 1 rings (SSSR count). The molecule has 5 heteroatoms. The Morgan fingerprint density at radius 3 is 3.15 bits per heavy atom. The average molecular weight is 179 g/mol. The van der Waals surface area contributed by atoms with Crippen LogP contribution in [0.5, 0.6) is 0 Å². The number of hydrogen-bond donors (Lipinski definition) is 1. The van der Waals surface area contributed by atoms with Crippen LogP contribution < -0.4 is 5.43 Å². The summed E-state index contributed by atoms with van der Waals surface area (Å²) in [7, 11) is 1.27. The molecule has 0 unspecified atom stereocenters. The molecule has 0 saturated heterocycles. The average Bonchev–Trinajstić information content (AvgIpc) is 2.19. The first-order valence-corrected chi connectivity index (χ1v) is 3.61. The minimum atomic E-state index is -0.604. The van der Waals surface area contributed by atoms with E-state index in [1.807, 2.05) is 6.07 Å². The SMILES string of the molecule is COC(=O)N/N=C/c1ccccn1. The number of hydrazone groups is 1.